The van der Waals surface area contributed by atoms with Crippen LogP contribution in [0.25, 0.3) is 0 Å². The summed E-state index contributed by atoms with van der Waals surface area (Å²) in [7, 11) is 0. The average Bonchev–Trinajstić information content (AvgIpc) is 2.10. The monoisotopic (exact) mass is 281 g/mol. The van der Waals surface area contributed by atoms with Crippen molar-refractivity contribution in [2.24, 2.45) is 0 Å². The molecule has 0 fully saturated rings. The minimum atomic E-state index is -4.90. The van der Waals surface area contributed by atoms with Crippen LogP contribution in [-0.4, -0.2) is 11.3 Å². The fourth-order valence-corrected chi connectivity index (χ4v) is 1.08. The SMILES string of the molecule is N#Cc1c(OC(F)(F)F)ncc(Br)c1N. The zero-order chi connectivity index (χ0) is 11.6. The second-order valence-electron chi connectivity index (χ2n) is 2.36. The number of rotatable bonds is 1. The van der Waals surface area contributed by atoms with Gasteiger partial charge in [-0.1, -0.05) is 0 Å². The summed E-state index contributed by atoms with van der Waals surface area (Å²) in [6, 6.07) is 1.48. The molecular formula is C7H3BrF3N3O. The summed E-state index contributed by atoms with van der Waals surface area (Å²) in [5.41, 5.74) is 4.75. The maximum absolute atomic E-state index is 11.9. The number of nitrogens with zero attached hydrogens (tertiary/aromatic N) is 2. The molecule has 0 saturated heterocycles. The molecule has 0 bridgehead atoms. The zero-order valence-electron chi connectivity index (χ0n) is 6.97. The van der Waals surface area contributed by atoms with Gasteiger partial charge < -0.3 is 10.5 Å². The normalized spacial score (nSPS) is 10.9. The summed E-state index contributed by atoms with van der Waals surface area (Å²) in [6.07, 6.45) is -3.88. The lowest BCUT2D eigenvalue weighted by atomic mass is 10.2. The fraction of sp³-hybridized carbons (Fsp3) is 0.143. The van der Waals surface area contributed by atoms with Crippen LogP contribution in [-0.2, 0) is 0 Å². The van der Waals surface area contributed by atoms with Gasteiger partial charge in [-0.3, -0.25) is 0 Å². The minimum Gasteiger partial charge on any atom is -0.397 e. The number of hydrogen-bond donors (Lipinski definition) is 1. The van der Waals surface area contributed by atoms with E-state index in [1.54, 1.807) is 0 Å². The molecule has 0 aromatic carbocycles. The second-order valence-corrected chi connectivity index (χ2v) is 3.21. The van der Waals surface area contributed by atoms with Gasteiger partial charge in [-0.15, -0.1) is 13.2 Å². The van der Waals surface area contributed by atoms with E-state index < -0.39 is 17.8 Å². The third-order valence-corrected chi connectivity index (χ3v) is 1.99. The molecule has 15 heavy (non-hydrogen) atoms. The molecule has 8 heteroatoms. The Morgan fingerprint density at radius 2 is 2.13 bits per heavy atom. The standard InChI is InChI=1S/C7H3BrF3N3O/c8-4-2-14-6(15-7(9,10)11)3(1-12)5(4)13/h2H,(H2,13,14). The van der Waals surface area contributed by atoms with E-state index in [0.29, 0.717) is 0 Å². The Balaban J connectivity index is 3.21. The van der Waals surface area contributed by atoms with Crippen LogP contribution in [0.2, 0.25) is 0 Å². The van der Waals surface area contributed by atoms with E-state index in [4.69, 9.17) is 11.0 Å². The predicted molar refractivity (Wildman–Crippen MR) is 47.7 cm³/mol. The number of nitrogens with two attached hydrogens (primary N) is 1. The molecule has 4 nitrogen and oxygen atoms in total. The number of ether oxygens (including phenoxy) is 1. The first-order valence-corrected chi connectivity index (χ1v) is 4.24. The van der Waals surface area contributed by atoms with Gasteiger partial charge in [-0.25, -0.2) is 4.98 Å². The van der Waals surface area contributed by atoms with Crippen LogP contribution in [0, 0.1) is 11.3 Å². The summed E-state index contributed by atoms with van der Waals surface area (Å²) in [5.74, 6) is -0.856. The number of halogens is 4. The maximum Gasteiger partial charge on any atom is 0.574 e. The minimum absolute atomic E-state index is 0.147. The van der Waals surface area contributed by atoms with Crippen molar-refractivity contribution in [1.29, 1.82) is 5.26 Å². The van der Waals surface area contributed by atoms with Gasteiger partial charge in [0.2, 0.25) is 5.88 Å². The molecule has 0 amide bonds. The molecule has 1 rings (SSSR count). The second kappa shape index (κ2) is 3.94. The van der Waals surface area contributed by atoms with Crippen molar-refractivity contribution in [3.8, 4) is 11.9 Å². The highest BCUT2D eigenvalue weighted by molar-refractivity contribution is 9.10. The van der Waals surface area contributed by atoms with Gasteiger partial charge in [0.05, 0.1) is 10.2 Å². The molecule has 2 N–H and O–H groups in total. The van der Waals surface area contributed by atoms with Crippen molar-refractivity contribution >= 4 is 21.6 Å². The van der Waals surface area contributed by atoms with Gasteiger partial charge in [0, 0.05) is 6.20 Å². The van der Waals surface area contributed by atoms with Crippen LogP contribution in [0.5, 0.6) is 5.88 Å². The first kappa shape index (κ1) is 11.6. The molecule has 0 unspecified atom stereocenters. The van der Waals surface area contributed by atoms with Gasteiger partial charge in [0.15, 0.2) is 0 Å². The van der Waals surface area contributed by atoms with E-state index in [1.807, 2.05) is 0 Å². The summed E-state index contributed by atoms with van der Waals surface area (Å²) < 4.78 is 39.4. The largest absolute Gasteiger partial charge is 0.574 e. The first-order chi connectivity index (χ1) is 6.85. The highest BCUT2D eigenvalue weighted by atomic mass is 79.9. The Bertz CT molecular complexity index is 427. The van der Waals surface area contributed by atoms with E-state index in [1.165, 1.54) is 6.07 Å². The van der Waals surface area contributed by atoms with E-state index in [9.17, 15) is 13.2 Å². The Labute approximate surface area is 90.6 Å². The van der Waals surface area contributed by atoms with Crippen molar-refractivity contribution in [1.82, 2.24) is 4.98 Å². The Hall–Kier alpha value is -1.49. The lowest BCUT2D eigenvalue weighted by Crippen LogP contribution is -2.19. The third kappa shape index (κ3) is 2.73. The van der Waals surface area contributed by atoms with E-state index in [0.717, 1.165) is 6.20 Å². The Morgan fingerprint density at radius 1 is 1.53 bits per heavy atom. The molecule has 1 aromatic rings. The molecule has 1 aromatic heterocycles. The summed E-state index contributed by atoms with van der Waals surface area (Å²) in [6.45, 7) is 0. The molecule has 0 aliphatic rings. The van der Waals surface area contributed by atoms with Crippen molar-refractivity contribution in [2.75, 3.05) is 5.73 Å². The first-order valence-electron chi connectivity index (χ1n) is 3.45. The molecule has 0 atom stereocenters. The number of alkyl halides is 3. The van der Waals surface area contributed by atoms with Crippen LogP contribution >= 0.6 is 15.9 Å². The molecule has 80 valence electrons. The van der Waals surface area contributed by atoms with Crippen molar-refractivity contribution in [2.45, 2.75) is 6.36 Å². The van der Waals surface area contributed by atoms with Crippen LogP contribution in [0.4, 0.5) is 18.9 Å². The zero-order valence-corrected chi connectivity index (χ0v) is 8.56. The molecule has 0 saturated carbocycles. The van der Waals surface area contributed by atoms with E-state index in [2.05, 4.69) is 25.7 Å². The highest BCUT2D eigenvalue weighted by Crippen LogP contribution is 2.31. The van der Waals surface area contributed by atoms with E-state index >= 15 is 0 Å². The van der Waals surface area contributed by atoms with E-state index in [-0.39, 0.29) is 10.2 Å². The number of aromatic nitrogens is 1. The summed E-state index contributed by atoms with van der Waals surface area (Å²) in [5, 5.41) is 8.58. The van der Waals surface area contributed by atoms with Crippen LogP contribution < -0.4 is 10.5 Å². The molecule has 0 aliphatic heterocycles. The fourth-order valence-electron chi connectivity index (χ4n) is 0.779. The topological polar surface area (TPSA) is 71.9 Å². The van der Waals surface area contributed by atoms with Crippen LogP contribution in [0.15, 0.2) is 10.7 Å². The molecule has 0 aliphatic carbocycles. The summed E-state index contributed by atoms with van der Waals surface area (Å²) >= 11 is 2.93. The van der Waals surface area contributed by atoms with Crippen molar-refractivity contribution in [3.05, 3.63) is 16.2 Å². The number of anilines is 1. The number of hydrogen-bond acceptors (Lipinski definition) is 4. The lowest BCUT2D eigenvalue weighted by molar-refractivity contribution is -0.276. The molecule has 1 heterocycles. The number of nitriles is 1. The smallest absolute Gasteiger partial charge is 0.397 e. The number of pyridine rings is 1. The molecule has 0 radical (unpaired) electrons. The van der Waals surface area contributed by atoms with Gasteiger partial charge in [0.25, 0.3) is 0 Å². The summed E-state index contributed by atoms with van der Waals surface area (Å²) in [4.78, 5) is 3.30. The Morgan fingerprint density at radius 3 is 2.60 bits per heavy atom. The highest BCUT2D eigenvalue weighted by Gasteiger charge is 2.33. The van der Waals surface area contributed by atoms with Crippen LogP contribution in [0.3, 0.4) is 0 Å². The molecular weight excluding hydrogens is 279 g/mol. The third-order valence-electron chi connectivity index (χ3n) is 1.36. The van der Waals surface area contributed by atoms with Gasteiger partial charge in [0.1, 0.15) is 11.6 Å². The van der Waals surface area contributed by atoms with Gasteiger partial charge >= 0.3 is 6.36 Å². The quantitative estimate of drug-likeness (QED) is 0.857. The predicted octanol–water partition coefficient (Wildman–Crippen LogP) is 2.20. The van der Waals surface area contributed by atoms with Gasteiger partial charge in [-0.2, -0.15) is 5.26 Å². The average molecular weight is 282 g/mol. The lowest BCUT2D eigenvalue weighted by Gasteiger charge is -2.10. The van der Waals surface area contributed by atoms with Crippen molar-refractivity contribution in [3.63, 3.8) is 0 Å². The Kier molecular flexibility index (Phi) is 3.04. The number of nitrogen functional groups attached to an aromatic ring is 1. The molecule has 0 spiro atoms. The van der Waals surface area contributed by atoms with Crippen LogP contribution in [0.1, 0.15) is 5.56 Å². The van der Waals surface area contributed by atoms with Crippen molar-refractivity contribution < 1.29 is 17.9 Å². The van der Waals surface area contributed by atoms with Gasteiger partial charge in [-0.05, 0) is 15.9 Å². The maximum atomic E-state index is 11.9.